The molecule has 0 N–H and O–H groups in total. The van der Waals surface area contributed by atoms with Gasteiger partial charge in [-0.05, 0) is 18.8 Å². The van der Waals surface area contributed by atoms with E-state index in [-0.39, 0.29) is 34.5 Å². The predicted molar refractivity (Wildman–Crippen MR) is 92.1 cm³/mol. The lowest BCUT2D eigenvalue weighted by atomic mass is 9.80. The second kappa shape index (κ2) is 6.24. The van der Waals surface area contributed by atoms with Gasteiger partial charge in [-0.1, -0.05) is 53.2 Å². The quantitative estimate of drug-likeness (QED) is 0.427. The van der Waals surface area contributed by atoms with Gasteiger partial charge in [-0.2, -0.15) is 0 Å². The minimum absolute atomic E-state index is 0.0114. The first-order chi connectivity index (χ1) is 12.0. The van der Waals surface area contributed by atoms with Crippen molar-refractivity contribution in [2.24, 2.45) is 23.7 Å². The van der Waals surface area contributed by atoms with Gasteiger partial charge in [-0.15, -0.1) is 0 Å². The molecule has 7 atom stereocenters. The minimum Gasteiger partial charge on any atom is -0.461 e. The first kappa shape index (κ1) is 16.8. The van der Waals surface area contributed by atoms with Crippen LogP contribution in [0.15, 0.2) is 30.3 Å². The number of fused-ring (bicyclic) bond motifs is 1. The molecular weight excluding hydrogens is 388 g/mol. The van der Waals surface area contributed by atoms with Crippen molar-refractivity contribution in [3.8, 4) is 0 Å². The maximum atomic E-state index is 12.8. The number of carbonyl (C=O) groups is 3. The molecule has 3 fully saturated rings. The Kier molecular flexibility index (Phi) is 4.18. The fraction of sp³-hybridized carbons (Fsp3) is 0.526. The molecule has 1 aromatic carbocycles. The van der Waals surface area contributed by atoms with Crippen molar-refractivity contribution in [1.82, 2.24) is 0 Å². The van der Waals surface area contributed by atoms with E-state index in [9.17, 15) is 14.4 Å². The monoisotopic (exact) mass is 406 g/mol. The van der Waals surface area contributed by atoms with Crippen molar-refractivity contribution in [3.05, 3.63) is 35.9 Å². The second-order valence-corrected chi connectivity index (χ2v) is 8.08. The van der Waals surface area contributed by atoms with Crippen molar-refractivity contribution >= 4 is 33.7 Å². The van der Waals surface area contributed by atoms with Crippen molar-refractivity contribution in [2.75, 3.05) is 0 Å². The first-order valence-corrected chi connectivity index (χ1v) is 9.58. The van der Waals surface area contributed by atoms with Crippen molar-refractivity contribution < 1.29 is 23.9 Å². The smallest absolute Gasteiger partial charge is 0.310 e. The van der Waals surface area contributed by atoms with Crippen molar-refractivity contribution in [1.29, 1.82) is 0 Å². The van der Waals surface area contributed by atoms with Crippen LogP contribution in [0.25, 0.3) is 0 Å². The summed E-state index contributed by atoms with van der Waals surface area (Å²) >= 11 is 3.58. The van der Waals surface area contributed by atoms with Gasteiger partial charge in [0.1, 0.15) is 6.10 Å². The molecule has 0 unspecified atom stereocenters. The average molecular weight is 407 g/mol. The Labute approximate surface area is 154 Å². The highest BCUT2D eigenvalue weighted by molar-refractivity contribution is 9.09. The summed E-state index contributed by atoms with van der Waals surface area (Å²) < 4.78 is 11.0. The average Bonchev–Trinajstić information content (AvgIpc) is 3.24. The Balaban J connectivity index is 1.51. The van der Waals surface area contributed by atoms with Gasteiger partial charge in [0, 0.05) is 11.5 Å². The van der Waals surface area contributed by atoms with Crippen LogP contribution in [0.2, 0.25) is 0 Å². The molecule has 25 heavy (non-hydrogen) atoms. The number of Topliss-reactive ketones (excluding diaryl/α,β-unsaturated/α-hetero) is 1. The van der Waals surface area contributed by atoms with Gasteiger partial charge in [-0.25, -0.2) is 0 Å². The standard InChI is InChI=1S/C19H19BrO5/c1-2-12(16(21)9-6-4-3-5-7-9)24-18(22)13-10-8-11-14(13)19(23)25-17(11)15(10)20/h3-7,10-15,17H,2,8H2,1H3/t10-,11-,12+,13-,14-,15+,17+/m1/s1. The summed E-state index contributed by atoms with van der Waals surface area (Å²) in [6, 6.07) is 8.81. The Bertz CT molecular complexity index is 718. The van der Waals surface area contributed by atoms with Crippen LogP contribution in [-0.2, 0) is 19.1 Å². The molecule has 3 aliphatic rings. The Morgan fingerprint density at radius 1 is 1.28 bits per heavy atom. The SMILES string of the molecule is CC[C@H](OC(=O)[C@@H]1[C@H]2C[C@H]3[C@H](OC(=O)[C@H]31)[C@H]2Br)C(=O)c1ccccc1. The summed E-state index contributed by atoms with van der Waals surface area (Å²) in [5.74, 6) is -1.77. The molecule has 2 bridgehead atoms. The number of carbonyl (C=O) groups excluding carboxylic acids is 3. The van der Waals surface area contributed by atoms with Crippen LogP contribution in [0.5, 0.6) is 0 Å². The predicted octanol–water partition coefficient (Wildman–Crippen LogP) is 2.76. The minimum atomic E-state index is -0.823. The topological polar surface area (TPSA) is 69.7 Å². The van der Waals surface area contributed by atoms with Gasteiger partial charge in [0.2, 0.25) is 5.78 Å². The van der Waals surface area contributed by atoms with Gasteiger partial charge in [0.15, 0.2) is 6.10 Å². The van der Waals surface area contributed by atoms with Crippen LogP contribution >= 0.6 is 15.9 Å². The third-order valence-corrected chi connectivity index (χ3v) is 6.98. The lowest BCUT2D eigenvalue weighted by Gasteiger charge is -2.28. The van der Waals surface area contributed by atoms with Gasteiger partial charge in [-0.3, -0.25) is 14.4 Å². The Morgan fingerprint density at radius 2 is 2.00 bits per heavy atom. The fourth-order valence-electron chi connectivity index (χ4n) is 4.62. The molecule has 1 aromatic rings. The first-order valence-electron chi connectivity index (χ1n) is 8.67. The number of rotatable bonds is 5. The molecule has 132 valence electrons. The lowest BCUT2D eigenvalue weighted by Crippen LogP contribution is -2.41. The summed E-state index contributed by atoms with van der Waals surface area (Å²) in [5, 5.41) is 0. The van der Waals surface area contributed by atoms with Crippen LogP contribution in [0.4, 0.5) is 0 Å². The molecule has 5 nitrogen and oxygen atoms in total. The van der Waals surface area contributed by atoms with E-state index in [1.807, 2.05) is 13.0 Å². The van der Waals surface area contributed by atoms with Crippen molar-refractivity contribution in [3.63, 3.8) is 0 Å². The normalized spacial score (nSPS) is 36.2. The number of ketones is 1. The molecule has 0 spiro atoms. The zero-order chi connectivity index (χ0) is 17.7. The van der Waals surface area contributed by atoms with Crippen LogP contribution in [-0.4, -0.2) is 34.8 Å². The zero-order valence-electron chi connectivity index (χ0n) is 13.8. The maximum Gasteiger partial charge on any atom is 0.310 e. The molecule has 1 heterocycles. The van der Waals surface area contributed by atoms with Crippen molar-refractivity contribution in [2.45, 2.75) is 36.8 Å². The van der Waals surface area contributed by atoms with E-state index in [1.54, 1.807) is 24.3 Å². The highest BCUT2D eigenvalue weighted by atomic mass is 79.9. The molecule has 0 radical (unpaired) electrons. The van der Waals surface area contributed by atoms with Crippen LogP contribution in [0, 0.1) is 23.7 Å². The van der Waals surface area contributed by atoms with Crippen LogP contribution in [0.3, 0.4) is 0 Å². The molecule has 6 heteroatoms. The summed E-state index contributed by atoms with van der Waals surface area (Å²) in [5.41, 5.74) is 0.522. The molecule has 0 aromatic heterocycles. The van der Waals surface area contributed by atoms with Gasteiger partial charge in [0.25, 0.3) is 0 Å². The second-order valence-electron chi connectivity index (χ2n) is 7.02. The van der Waals surface area contributed by atoms with Gasteiger partial charge < -0.3 is 9.47 Å². The Hall–Kier alpha value is -1.69. The number of halogens is 1. The number of alkyl halides is 1. The van der Waals surface area contributed by atoms with E-state index in [0.717, 1.165) is 6.42 Å². The molecular formula is C19H19BrO5. The number of esters is 2. The lowest BCUT2D eigenvalue weighted by molar-refractivity contribution is -0.158. The molecule has 1 saturated heterocycles. The molecule has 0 amide bonds. The van der Waals surface area contributed by atoms with Crippen LogP contribution in [0.1, 0.15) is 30.1 Å². The number of hydrogen-bond acceptors (Lipinski definition) is 5. The molecule has 2 aliphatic carbocycles. The fourth-order valence-corrected chi connectivity index (χ4v) is 5.67. The largest absolute Gasteiger partial charge is 0.461 e. The van der Waals surface area contributed by atoms with E-state index in [2.05, 4.69) is 15.9 Å². The highest BCUT2D eigenvalue weighted by Crippen LogP contribution is 2.60. The van der Waals surface area contributed by atoms with Crippen LogP contribution < -0.4 is 0 Å². The number of ether oxygens (including phenoxy) is 2. The number of benzene rings is 1. The summed E-state index contributed by atoms with van der Waals surface area (Å²) in [4.78, 5) is 37.5. The molecule has 4 rings (SSSR count). The van der Waals surface area contributed by atoms with Gasteiger partial charge in [0.05, 0.1) is 16.7 Å². The third kappa shape index (κ3) is 2.53. The molecule has 1 aliphatic heterocycles. The third-order valence-electron chi connectivity index (χ3n) is 5.78. The maximum absolute atomic E-state index is 12.8. The van der Waals surface area contributed by atoms with E-state index in [1.165, 1.54) is 0 Å². The molecule has 2 saturated carbocycles. The highest BCUT2D eigenvalue weighted by Gasteiger charge is 2.68. The summed E-state index contributed by atoms with van der Waals surface area (Å²) in [6.07, 6.45) is 0.242. The Morgan fingerprint density at radius 3 is 2.68 bits per heavy atom. The van der Waals surface area contributed by atoms with Gasteiger partial charge >= 0.3 is 11.9 Å². The van der Waals surface area contributed by atoms with E-state index < -0.39 is 23.9 Å². The zero-order valence-corrected chi connectivity index (χ0v) is 15.3. The summed E-state index contributed by atoms with van der Waals surface area (Å²) in [6.45, 7) is 1.81. The van der Waals surface area contributed by atoms with E-state index in [0.29, 0.717) is 12.0 Å². The number of hydrogen-bond donors (Lipinski definition) is 0. The summed E-state index contributed by atoms with van der Waals surface area (Å²) in [7, 11) is 0. The van der Waals surface area contributed by atoms with E-state index in [4.69, 9.17) is 9.47 Å². The van der Waals surface area contributed by atoms with E-state index >= 15 is 0 Å².